The van der Waals surface area contributed by atoms with Gasteiger partial charge in [0.15, 0.2) is 0 Å². The van der Waals surface area contributed by atoms with Gasteiger partial charge in [0.25, 0.3) is 5.91 Å². The van der Waals surface area contributed by atoms with Crippen LogP contribution in [0.4, 0.5) is 13.2 Å². The lowest BCUT2D eigenvalue weighted by molar-refractivity contribution is -0.152. The normalized spacial score (nSPS) is 25.5. The number of fused-ring (bicyclic) bond motifs is 1. The Bertz CT molecular complexity index is 1010. The maximum Gasteiger partial charge on any atom is 0.417 e. The third-order valence-electron chi connectivity index (χ3n) is 7.32. The maximum absolute atomic E-state index is 13.6. The van der Waals surface area contributed by atoms with E-state index in [2.05, 4.69) is 9.88 Å². The van der Waals surface area contributed by atoms with E-state index in [0.717, 1.165) is 25.3 Å². The molecule has 178 valence electrons. The molecule has 10 heteroatoms. The van der Waals surface area contributed by atoms with E-state index in [0.29, 0.717) is 73.9 Å². The second-order valence-corrected chi connectivity index (χ2v) is 9.24. The van der Waals surface area contributed by atoms with Gasteiger partial charge in [0.05, 0.1) is 17.7 Å². The molecule has 2 saturated heterocycles. The molecule has 7 nitrogen and oxygen atoms in total. The molecule has 0 bridgehead atoms. The number of piperidine rings is 1. The van der Waals surface area contributed by atoms with Crippen molar-refractivity contribution in [3.8, 4) is 0 Å². The van der Waals surface area contributed by atoms with Crippen LogP contribution in [0.5, 0.6) is 0 Å². The minimum absolute atomic E-state index is 0.0255. The highest BCUT2D eigenvalue weighted by Crippen LogP contribution is 2.43. The molecule has 5 rings (SSSR count). The van der Waals surface area contributed by atoms with E-state index in [1.807, 2.05) is 0 Å². The highest BCUT2D eigenvalue weighted by atomic mass is 19.4. The molecule has 2 fully saturated rings. The summed E-state index contributed by atoms with van der Waals surface area (Å²) >= 11 is 0. The number of aromatic nitrogens is 1. The molecule has 1 aromatic rings. The van der Waals surface area contributed by atoms with Crippen molar-refractivity contribution in [1.82, 2.24) is 14.8 Å². The molecule has 1 spiro atoms. The summed E-state index contributed by atoms with van der Waals surface area (Å²) in [6, 6.07) is 1.41. The van der Waals surface area contributed by atoms with Gasteiger partial charge in [-0.15, -0.1) is 0 Å². The minimum Gasteiger partial charge on any atom is -0.450 e. The van der Waals surface area contributed by atoms with Crippen LogP contribution in [0.15, 0.2) is 23.4 Å². The van der Waals surface area contributed by atoms with Crippen molar-refractivity contribution in [1.29, 1.82) is 0 Å². The quantitative estimate of drug-likeness (QED) is 0.625. The van der Waals surface area contributed by atoms with Crippen LogP contribution < -0.4 is 0 Å². The molecule has 1 amide bonds. The van der Waals surface area contributed by atoms with Crippen LogP contribution in [0.25, 0.3) is 0 Å². The largest absolute Gasteiger partial charge is 0.450 e. The zero-order valence-electron chi connectivity index (χ0n) is 18.4. The summed E-state index contributed by atoms with van der Waals surface area (Å²) in [5.41, 5.74) is -0.189. The number of rotatable bonds is 2. The number of halogens is 3. The number of hydrogen-bond acceptors (Lipinski definition) is 6. The fourth-order valence-corrected chi connectivity index (χ4v) is 5.43. The van der Waals surface area contributed by atoms with Crippen LogP contribution in [0.2, 0.25) is 0 Å². The average molecular weight is 465 g/mol. The third-order valence-corrected chi connectivity index (χ3v) is 7.32. The van der Waals surface area contributed by atoms with Crippen molar-refractivity contribution in [3.63, 3.8) is 0 Å². The SMILES string of the molecule is CC1=C(C(=O)N2CCc3ncc(C(F)(F)F)cc3C2)C2(CCN(C3CCOC3)CC2)OC1=O. The van der Waals surface area contributed by atoms with Crippen LogP contribution in [0, 0.1) is 0 Å². The second-order valence-electron chi connectivity index (χ2n) is 9.24. The molecule has 4 aliphatic heterocycles. The second kappa shape index (κ2) is 8.09. The summed E-state index contributed by atoms with van der Waals surface area (Å²) in [5.74, 6) is -0.825. The Labute approximate surface area is 189 Å². The Morgan fingerprint density at radius 2 is 2.00 bits per heavy atom. The number of hydrogen-bond donors (Lipinski definition) is 0. The molecule has 0 saturated carbocycles. The summed E-state index contributed by atoms with van der Waals surface area (Å²) < 4.78 is 50.7. The number of ether oxygens (including phenoxy) is 2. The van der Waals surface area contributed by atoms with Gasteiger partial charge in [-0.1, -0.05) is 0 Å². The van der Waals surface area contributed by atoms with E-state index in [4.69, 9.17) is 9.47 Å². The van der Waals surface area contributed by atoms with Crippen LogP contribution in [0.3, 0.4) is 0 Å². The lowest BCUT2D eigenvalue weighted by Crippen LogP contribution is -2.52. The highest BCUT2D eigenvalue weighted by molar-refractivity contribution is 6.07. The Balaban J connectivity index is 1.36. The molecule has 5 heterocycles. The average Bonchev–Trinajstić information content (AvgIpc) is 3.40. The standard InChI is InChI=1S/C23H26F3N3O4/c1-14-19(22(33-21(14)31)4-7-28(8-5-22)17-3-9-32-13-17)20(30)29-6-2-18-15(12-29)10-16(11-27-18)23(24,25)26/h10-11,17H,2-9,12-13H2,1H3. The van der Waals surface area contributed by atoms with Gasteiger partial charge >= 0.3 is 12.1 Å². The van der Waals surface area contributed by atoms with Gasteiger partial charge in [-0.05, 0) is 25.0 Å². The van der Waals surface area contributed by atoms with Crippen molar-refractivity contribution in [2.45, 2.75) is 57.0 Å². The van der Waals surface area contributed by atoms with Crippen molar-refractivity contribution >= 4 is 11.9 Å². The lowest BCUT2D eigenvalue weighted by Gasteiger charge is -2.42. The summed E-state index contributed by atoms with van der Waals surface area (Å²) in [4.78, 5) is 33.9. The summed E-state index contributed by atoms with van der Waals surface area (Å²) in [6.07, 6.45) is -1.31. The molecule has 33 heavy (non-hydrogen) atoms. The number of alkyl halides is 3. The predicted octanol–water partition coefficient (Wildman–Crippen LogP) is 2.48. The van der Waals surface area contributed by atoms with Crippen molar-refractivity contribution in [3.05, 3.63) is 40.2 Å². The number of likely N-dealkylation sites (tertiary alicyclic amines) is 1. The number of nitrogens with zero attached hydrogens (tertiary/aromatic N) is 3. The lowest BCUT2D eigenvalue weighted by atomic mass is 9.81. The fourth-order valence-electron chi connectivity index (χ4n) is 5.43. The third kappa shape index (κ3) is 3.93. The molecule has 1 unspecified atom stereocenters. The molecule has 0 N–H and O–H groups in total. The maximum atomic E-state index is 13.6. The summed E-state index contributed by atoms with van der Waals surface area (Å²) in [5, 5.41) is 0. The minimum atomic E-state index is -4.50. The zero-order valence-corrected chi connectivity index (χ0v) is 18.4. The number of carbonyl (C=O) groups excluding carboxylic acids is 2. The predicted molar refractivity (Wildman–Crippen MR) is 110 cm³/mol. The van der Waals surface area contributed by atoms with E-state index < -0.39 is 23.3 Å². The van der Waals surface area contributed by atoms with Crippen molar-refractivity contribution in [2.75, 3.05) is 32.8 Å². The smallest absolute Gasteiger partial charge is 0.417 e. The van der Waals surface area contributed by atoms with E-state index >= 15 is 0 Å². The molecular formula is C23H26F3N3O4. The molecule has 0 radical (unpaired) electrons. The van der Waals surface area contributed by atoms with Gasteiger partial charge in [0.2, 0.25) is 0 Å². The highest BCUT2D eigenvalue weighted by Gasteiger charge is 2.52. The monoisotopic (exact) mass is 465 g/mol. The van der Waals surface area contributed by atoms with E-state index in [-0.39, 0.29) is 12.5 Å². The molecule has 4 aliphatic rings. The summed E-state index contributed by atoms with van der Waals surface area (Å²) in [6.45, 7) is 4.76. The topological polar surface area (TPSA) is 72.0 Å². The van der Waals surface area contributed by atoms with Crippen LogP contribution in [0.1, 0.15) is 43.0 Å². The molecule has 0 aliphatic carbocycles. The van der Waals surface area contributed by atoms with Gasteiger partial charge in [0, 0.05) is 75.6 Å². The molecule has 1 atom stereocenters. The van der Waals surface area contributed by atoms with Crippen molar-refractivity contribution in [2.24, 2.45) is 0 Å². The van der Waals surface area contributed by atoms with Gasteiger partial charge in [-0.25, -0.2) is 4.79 Å². The first-order valence-electron chi connectivity index (χ1n) is 11.3. The zero-order chi connectivity index (χ0) is 23.4. The van der Waals surface area contributed by atoms with E-state index in [1.165, 1.54) is 4.90 Å². The van der Waals surface area contributed by atoms with Gasteiger partial charge in [-0.2, -0.15) is 13.2 Å². The first kappa shape index (κ1) is 22.3. The molecule has 0 aromatic carbocycles. The Kier molecular flexibility index (Phi) is 5.48. The first-order chi connectivity index (χ1) is 15.7. The van der Waals surface area contributed by atoms with Crippen LogP contribution in [-0.2, 0) is 38.2 Å². The molecule has 1 aromatic heterocycles. The number of pyridine rings is 1. The first-order valence-corrected chi connectivity index (χ1v) is 11.3. The Morgan fingerprint density at radius 3 is 2.67 bits per heavy atom. The van der Waals surface area contributed by atoms with E-state index in [9.17, 15) is 22.8 Å². The number of esters is 1. The van der Waals surface area contributed by atoms with Crippen molar-refractivity contribution < 1.29 is 32.2 Å². The molecular weight excluding hydrogens is 439 g/mol. The van der Waals surface area contributed by atoms with Crippen LogP contribution >= 0.6 is 0 Å². The number of carbonyl (C=O) groups is 2. The summed E-state index contributed by atoms with van der Waals surface area (Å²) in [7, 11) is 0. The Morgan fingerprint density at radius 1 is 1.24 bits per heavy atom. The number of amides is 1. The van der Waals surface area contributed by atoms with E-state index in [1.54, 1.807) is 6.92 Å². The Hall–Kier alpha value is -2.46. The van der Waals surface area contributed by atoms with Gasteiger partial charge in [-0.3, -0.25) is 14.7 Å². The van der Waals surface area contributed by atoms with Crippen LogP contribution in [-0.4, -0.2) is 71.2 Å². The van der Waals surface area contributed by atoms with Gasteiger partial charge in [0.1, 0.15) is 5.60 Å². The van der Waals surface area contributed by atoms with Gasteiger partial charge < -0.3 is 14.4 Å². The fraction of sp³-hybridized carbons (Fsp3) is 0.609.